The summed E-state index contributed by atoms with van der Waals surface area (Å²) in [6.07, 6.45) is -1.19. The van der Waals surface area contributed by atoms with Gasteiger partial charge < -0.3 is 39.0 Å². The maximum absolute atomic E-state index is 13.3. The van der Waals surface area contributed by atoms with E-state index in [4.69, 9.17) is 23.7 Å². The number of carbonyl (C=O) groups excluding carboxylic acids is 2. The van der Waals surface area contributed by atoms with Crippen molar-refractivity contribution in [1.29, 1.82) is 0 Å². The molecule has 0 saturated carbocycles. The van der Waals surface area contributed by atoms with Crippen LogP contribution in [0.15, 0.2) is 84.9 Å². The van der Waals surface area contributed by atoms with E-state index < -0.39 is 30.4 Å². The van der Waals surface area contributed by atoms with E-state index in [1.807, 2.05) is 91.9 Å². The maximum atomic E-state index is 13.3. The molecule has 0 bridgehead atoms. The molecule has 2 amide bonds. The molecule has 2 aliphatic rings. The molecule has 0 unspecified atom stereocenters. The fourth-order valence-electron chi connectivity index (χ4n) is 5.76. The molecule has 10 heteroatoms. The van der Waals surface area contributed by atoms with Crippen LogP contribution < -0.4 is 10.1 Å². The average molecular weight is 647 g/mol. The van der Waals surface area contributed by atoms with Crippen LogP contribution in [0.1, 0.15) is 43.4 Å². The second-order valence-corrected chi connectivity index (χ2v) is 12.4. The number of aliphatic hydroxyl groups is 1. The first-order valence-electron chi connectivity index (χ1n) is 16.5. The van der Waals surface area contributed by atoms with Crippen molar-refractivity contribution in [2.45, 2.75) is 70.9 Å². The fraction of sp³-hybridized carbons (Fsp3) is 0.459. The highest BCUT2D eigenvalue weighted by Crippen LogP contribution is 2.33. The molecule has 0 radical (unpaired) electrons. The van der Waals surface area contributed by atoms with Gasteiger partial charge in [0.1, 0.15) is 25.1 Å². The van der Waals surface area contributed by atoms with Crippen molar-refractivity contribution >= 4 is 12.2 Å². The fourth-order valence-corrected chi connectivity index (χ4v) is 5.76. The van der Waals surface area contributed by atoms with Crippen LogP contribution in [0.5, 0.6) is 5.75 Å². The van der Waals surface area contributed by atoms with E-state index in [0.29, 0.717) is 31.9 Å². The molecule has 10 nitrogen and oxygen atoms in total. The first-order chi connectivity index (χ1) is 22.9. The van der Waals surface area contributed by atoms with Crippen molar-refractivity contribution in [3.05, 3.63) is 102 Å². The summed E-state index contributed by atoms with van der Waals surface area (Å²) in [4.78, 5) is 28.0. The molecule has 2 saturated heterocycles. The SMILES string of the molecule is CC[C@H](C)CN(C[C@@H](O)[C@@H](Cc1ccc(OCc2ccccc2)cc1)NC(=O)O[C@H]1CO[C@H]2OCC[C@H]21)C(=O)OCc1ccccc1. The Morgan fingerprint density at radius 1 is 0.915 bits per heavy atom. The number of aliphatic hydroxyl groups excluding tert-OH is 1. The molecular weight excluding hydrogens is 600 g/mol. The average Bonchev–Trinajstić information content (AvgIpc) is 3.72. The summed E-state index contributed by atoms with van der Waals surface area (Å²) in [5.74, 6) is 0.866. The molecule has 252 valence electrons. The predicted molar refractivity (Wildman–Crippen MR) is 176 cm³/mol. The number of nitrogens with zero attached hydrogens (tertiary/aromatic N) is 1. The third kappa shape index (κ3) is 10.2. The highest BCUT2D eigenvalue weighted by molar-refractivity contribution is 5.69. The van der Waals surface area contributed by atoms with Gasteiger partial charge in [0.2, 0.25) is 0 Å². The summed E-state index contributed by atoms with van der Waals surface area (Å²) in [5.41, 5.74) is 2.80. The van der Waals surface area contributed by atoms with Gasteiger partial charge in [-0.15, -0.1) is 0 Å². The minimum Gasteiger partial charge on any atom is -0.489 e. The van der Waals surface area contributed by atoms with Crippen LogP contribution in [0, 0.1) is 11.8 Å². The Labute approximate surface area is 276 Å². The van der Waals surface area contributed by atoms with Gasteiger partial charge in [0, 0.05) is 6.54 Å². The largest absolute Gasteiger partial charge is 0.489 e. The lowest BCUT2D eigenvalue weighted by molar-refractivity contribution is -0.0907. The topological polar surface area (TPSA) is 116 Å². The number of hydrogen-bond acceptors (Lipinski definition) is 8. The Bertz CT molecular complexity index is 1390. The summed E-state index contributed by atoms with van der Waals surface area (Å²) in [6, 6.07) is 26.2. The van der Waals surface area contributed by atoms with Gasteiger partial charge in [0.15, 0.2) is 6.29 Å². The minimum absolute atomic E-state index is 0.0158. The number of carbonyl (C=O) groups is 2. The Morgan fingerprint density at radius 3 is 2.28 bits per heavy atom. The lowest BCUT2D eigenvalue weighted by Gasteiger charge is -2.31. The molecule has 2 fully saturated rings. The van der Waals surface area contributed by atoms with E-state index in [1.54, 1.807) is 0 Å². The number of nitrogens with one attached hydrogen (secondary N) is 1. The highest BCUT2D eigenvalue weighted by Gasteiger charge is 2.44. The smallest absolute Gasteiger partial charge is 0.410 e. The third-order valence-corrected chi connectivity index (χ3v) is 8.74. The molecule has 0 spiro atoms. The van der Waals surface area contributed by atoms with Gasteiger partial charge in [0.05, 0.1) is 37.8 Å². The predicted octanol–water partition coefficient (Wildman–Crippen LogP) is 5.71. The highest BCUT2D eigenvalue weighted by atomic mass is 16.7. The van der Waals surface area contributed by atoms with Gasteiger partial charge in [-0.1, -0.05) is 93.1 Å². The van der Waals surface area contributed by atoms with Gasteiger partial charge in [-0.2, -0.15) is 0 Å². The lowest BCUT2D eigenvalue weighted by Crippen LogP contribution is -2.52. The molecule has 0 aromatic heterocycles. The van der Waals surface area contributed by atoms with Crippen molar-refractivity contribution in [3.63, 3.8) is 0 Å². The Morgan fingerprint density at radius 2 is 1.60 bits per heavy atom. The monoisotopic (exact) mass is 646 g/mol. The summed E-state index contributed by atoms with van der Waals surface area (Å²) < 4.78 is 28.5. The van der Waals surface area contributed by atoms with Gasteiger partial charge in [-0.3, -0.25) is 0 Å². The van der Waals surface area contributed by atoms with Crippen molar-refractivity contribution in [3.8, 4) is 5.75 Å². The molecule has 2 N–H and O–H groups in total. The first-order valence-corrected chi connectivity index (χ1v) is 16.5. The molecular formula is C37H46N2O8. The normalized spacial score (nSPS) is 20.4. The van der Waals surface area contributed by atoms with E-state index >= 15 is 0 Å². The Kier molecular flexibility index (Phi) is 12.5. The van der Waals surface area contributed by atoms with Gasteiger partial charge >= 0.3 is 12.2 Å². The van der Waals surface area contributed by atoms with Crippen LogP contribution in [-0.2, 0) is 38.6 Å². The van der Waals surface area contributed by atoms with E-state index in [2.05, 4.69) is 12.2 Å². The van der Waals surface area contributed by atoms with E-state index in [-0.39, 0.29) is 37.9 Å². The van der Waals surface area contributed by atoms with Crippen LogP contribution in [-0.4, -0.2) is 73.0 Å². The lowest BCUT2D eigenvalue weighted by atomic mass is 10.00. The maximum Gasteiger partial charge on any atom is 0.410 e. The zero-order chi connectivity index (χ0) is 33.0. The molecule has 5 rings (SSSR count). The van der Waals surface area contributed by atoms with Gasteiger partial charge in [0.25, 0.3) is 0 Å². The summed E-state index contributed by atoms with van der Waals surface area (Å²) in [7, 11) is 0. The van der Waals surface area contributed by atoms with Crippen LogP contribution in [0.4, 0.5) is 9.59 Å². The van der Waals surface area contributed by atoms with Crippen LogP contribution >= 0.6 is 0 Å². The molecule has 2 heterocycles. The molecule has 3 aromatic rings. The van der Waals surface area contributed by atoms with Crippen molar-refractivity contribution in [2.24, 2.45) is 11.8 Å². The van der Waals surface area contributed by atoms with E-state index in [1.165, 1.54) is 4.90 Å². The summed E-state index contributed by atoms with van der Waals surface area (Å²) in [6.45, 7) is 5.84. The number of hydrogen-bond donors (Lipinski definition) is 2. The molecule has 6 atom stereocenters. The Balaban J connectivity index is 1.26. The van der Waals surface area contributed by atoms with Crippen molar-refractivity contribution in [2.75, 3.05) is 26.3 Å². The van der Waals surface area contributed by atoms with E-state index in [0.717, 1.165) is 29.5 Å². The summed E-state index contributed by atoms with van der Waals surface area (Å²) >= 11 is 0. The number of benzene rings is 3. The van der Waals surface area contributed by atoms with Gasteiger partial charge in [-0.25, -0.2) is 9.59 Å². The van der Waals surface area contributed by atoms with Crippen LogP contribution in [0.25, 0.3) is 0 Å². The first kappa shape index (κ1) is 34.2. The van der Waals surface area contributed by atoms with Crippen molar-refractivity contribution in [1.82, 2.24) is 10.2 Å². The zero-order valence-electron chi connectivity index (χ0n) is 27.2. The quantitative estimate of drug-likeness (QED) is 0.216. The summed E-state index contributed by atoms with van der Waals surface area (Å²) in [5, 5.41) is 14.5. The molecule has 2 aliphatic heterocycles. The number of ether oxygens (including phenoxy) is 5. The molecule has 47 heavy (non-hydrogen) atoms. The number of amides is 2. The second-order valence-electron chi connectivity index (χ2n) is 12.4. The number of alkyl carbamates (subject to hydrolysis) is 1. The van der Waals surface area contributed by atoms with Gasteiger partial charge in [-0.05, 0) is 47.6 Å². The minimum atomic E-state index is -1.12. The second kappa shape index (κ2) is 17.2. The van der Waals surface area contributed by atoms with E-state index in [9.17, 15) is 14.7 Å². The Hall–Kier alpha value is -4.12. The third-order valence-electron chi connectivity index (χ3n) is 8.74. The molecule has 3 aromatic carbocycles. The zero-order valence-corrected chi connectivity index (χ0v) is 27.2. The number of rotatable bonds is 15. The van der Waals surface area contributed by atoms with Crippen molar-refractivity contribution < 1.29 is 38.4 Å². The number of fused-ring (bicyclic) bond motifs is 1. The van der Waals surface area contributed by atoms with Crippen LogP contribution in [0.3, 0.4) is 0 Å². The standard InChI is InChI=1S/C37H46N2O8/c1-3-26(2)21-39(37(42)46-24-29-12-8-5-9-13-29)22-33(40)32(38-36(41)47-34-25-45-35-31(34)18-19-43-35)20-27-14-16-30(17-15-27)44-23-28-10-6-4-7-11-28/h4-17,26,31-35,40H,3,18-25H2,1-2H3,(H,38,41)/t26-,31-,32+,33+,34-,35+/m0/s1. The van der Waals surface area contributed by atoms with Crippen LogP contribution in [0.2, 0.25) is 0 Å². The molecule has 0 aliphatic carbocycles.